The van der Waals surface area contributed by atoms with E-state index >= 15 is 0 Å². The van der Waals surface area contributed by atoms with Gasteiger partial charge in [0.1, 0.15) is 5.82 Å². The van der Waals surface area contributed by atoms with Gasteiger partial charge in [0.05, 0.1) is 12.1 Å². The lowest BCUT2D eigenvalue weighted by Crippen LogP contribution is -2.16. The van der Waals surface area contributed by atoms with Crippen LogP contribution >= 0.6 is 27.5 Å². The van der Waals surface area contributed by atoms with E-state index in [-0.39, 0.29) is 22.9 Å². The largest absolute Gasteiger partial charge is 0.325 e. The van der Waals surface area contributed by atoms with Crippen LogP contribution in [0.15, 0.2) is 40.9 Å². The molecule has 104 valence electrons. The Morgan fingerprint density at radius 2 is 2.00 bits per heavy atom. The van der Waals surface area contributed by atoms with E-state index in [1.807, 2.05) is 19.1 Å². The molecule has 1 N–H and O–H groups in total. The van der Waals surface area contributed by atoms with Gasteiger partial charge in [-0.3, -0.25) is 4.79 Å². The molecule has 0 atom stereocenters. The van der Waals surface area contributed by atoms with E-state index in [1.165, 1.54) is 12.1 Å². The number of benzene rings is 2. The highest BCUT2D eigenvalue weighted by molar-refractivity contribution is 9.10. The normalized spacial score (nSPS) is 10.4. The number of hydrogen-bond acceptors (Lipinski definition) is 1. The van der Waals surface area contributed by atoms with Gasteiger partial charge in [0, 0.05) is 15.1 Å². The van der Waals surface area contributed by atoms with Gasteiger partial charge in [-0.15, -0.1) is 0 Å². The third-order valence-electron chi connectivity index (χ3n) is 2.86. The van der Waals surface area contributed by atoms with Crippen molar-refractivity contribution in [2.45, 2.75) is 13.3 Å². The van der Waals surface area contributed by atoms with Gasteiger partial charge >= 0.3 is 0 Å². The Balaban J connectivity index is 2.16. The van der Waals surface area contributed by atoms with Crippen molar-refractivity contribution >= 4 is 39.1 Å². The monoisotopic (exact) mass is 355 g/mol. The van der Waals surface area contributed by atoms with Crippen LogP contribution in [-0.4, -0.2) is 5.91 Å². The SMILES string of the molecule is Cc1cccc(NC(=O)Cc2c(F)cccc2Cl)c1Br. The second kappa shape index (κ2) is 6.37. The number of carbonyl (C=O) groups excluding carboxylic acids is 1. The minimum absolute atomic E-state index is 0.105. The molecule has 0 radical (unpaired) electrons. The van der Waals surface area contributed by atoms with E-state index in [4.69, 9.17) is 11.6 Å². The summed E-state index contributed by atoms with van der Waals surface area (Å²) in [7, 11) is 0. The molecule has 2 aromatic rings. The molecule has 0 unspecified atom stereocenters. The third-order valence-corrected chi connectivity index (χ3v) is 4.27. The second-order valence-electron chi connectivity index (χ2n) is 4.36. The Kier molecular flexibility index (Phi) is 4.78. The summed E-state index contributed by atoms with van der Waals surface area (Å²) in [6, 6.07) is 9.90. The second-order valence-corrected chi connectivity index (χ2v) is 5.56. The lowest BCUT2D eigenvalue weighted by Gasteiger charge is -2.10. The maximum atomic E-state index is 13.6. The van der Waals surface area contributed by atoms with E-state index in [1.54, 1.807) is 12.1 Å². The molecule has 0 fully saturated rings. The molecule has 0 aliphatic heterocycles. The van der Waals surface area contributed by atoms with Crippen LogP contribution in [-0.2, 0) is 11.2 Å². The molecule has 0 saturated carbocycles. The van der Waals surface area contributed by atoms with Crippen LogP contribution < -0.4 is 5.32 Å². The molecule has 0 aliphatic rings. The zero-order chi connectivity index (χ0) is 14.7. The molecule has 0 saturated heterocycles. The van der Waals surface area contributed by atoms with Crippen LogP contribution in [0.2, 0.25) is 5.02 Å². The first-order chi connectivity index (χ1) is 9.49. The van der Waals surface area contributed by atoms with E-state index < -0.39 is 5.82 Å². The highest BCUT2D eigenvalue weighted by Gasteiger charge is 2.13. The zero-order valence-electron chi connectivity index (χ0n) is 10.7. The fourth-order valence-electron chi connectivity index (χ4n) is 1.80. The van der Waals surface area contributed by atoms with E-state index in [9.17, 15) is 9.18 Å². The van der Waals surface area contributed by atoms with Crippen molar-refractivity contribution in [3.05, 3.63) is 62.8 Å². The summed E-state index contributed by atoms with van der Waals surface area (Å²) in [5, 5.41) is 3.00. The summed E-state index contributed by atoms with van der Waals surface area (Å²) >= 11 is 9.31. The molecular formula is C15H12BrClFNO. The van der Waals surface area contributed by atoms with Crippen molar-refractivity contribution < 1.29 is 9.18 Å². The molecule has 0 heterocycles. The fourth-order valence-corrected chi connectivity index (χ4v) is 2.39. The van der Waals surface area contributed by atoms with E-state index in [2.05, 4.69) is 21.2 Å². The summed E-state index contributed by atoms with van der Waals surface area (Å²) < 4.78 is 14.4. The van der Waals surface area contributed by atoms with Crippen molar-refractivity contribution in [2.24, 2.45) is 0 Å². The molecule has 5 heteroatoms. The van der Waals surface area contributed by atoms with Crippen LogP contribution in [0, 0.1) is 12.7 Å². The van der Waals surface area contributed by atoms with Crippen molar-refractivity contribution in [3.63, 3.8) is 0 Å². The van der Waals surface area contributed by atoms with Crippen LogP contribution in [0.1, 0.15) is 11.1 Å². The zero-order valence-corrected chi connectivity index (χ0v) is 13.1. The average Bonchev–Trinajstić information content (AvgIpc) is 2.39. The number of hydrogen-bond donors (Lipinski definition) is 1. The number of halogens is 3. The lowest BCUT2D eigenvalue weighted by atomic mass is 10.1. The van der Waals surface area contributed by atoms with Gasteiger partial charge in [-0.05, 0) is 46.6 Å². The predicted octanol–water partition coefficient (Wildman–Crippen LogP) is 4.73. The first-order valence-corrected chi connectivity index (χ1v) is 7.14. The molecule has 2 nitrogen and oxygen atoms in total. The Labute approximate surface area is 130 Å². The molecule has 0 spiro atoms. The quantitative estimate of drug-likeness (QED) is 0.846. The van der Waals surface area contributed by atoms with Crippen molar-refractivity contribution in [3.8, 4) is 0 Å². The highest BCUT2D eigenvalue weighted by atomic mass is 79.9. The van der Waals surface area contributed by atoms with E-state index in [0.29, 0.717) is 5.69 Å². The molecule has 0 bridgehead atoms. The molecule has 2 rings (SSSR count). The number of carbonyl (C=O) groups is 1. The third kappa shape index (κ3) is 3.38. The number of amides is 1. The standard InChI is InChI=1S/C15H12BrClFNO/c1-9-4-2-7-13(15(9)16)19-14(20)8-10-11(17)5-3-6-12(10)18/h2-7H,8H2,1H3,(H,19,20). The first-order valence-electron chi connectivity index (χ1n) is 5.97. The smallest absolute Gasteiger partial charge is 0.228 e. The molecule has 0 aliphatic carbocycles. The minimum Gasteiger partial charge on any atom is -0.325 e. The fraction of sp³-hybridized carbons (Fsp3) is 0.133. The minimum atomic E-state index is -0.476. The summed E-state index contributed by atoms with van der Waals surface area (Å²) in [6.45, 7) is 1.92. The van der Waals surface area contributed by atoms with Crippen LogP contribution in [0.5, 0.6) is 0 Å². The number of aryl methyl sites for hydroxylation is 1. The van der Waals surface area contributed by atoms with Gasteiger partial charge in [-0.25, -0.2) is 4.39 Å². The lowest BCUT2D eigenvalue weighted by molar-refractivity contribution is -0.115. The van der Waals surface area contributed by atoms with Crippen LogP contribution in [0.3, 0.4) is 0 Å². The van der Waals surface area contributed by atoms with Gasteiger partial charge < -0.3 is 5.32 Å². The van der Waals surface area contributed by atoms with Gasteiger partial charge in [0.15, 0.2) is 0 Å². The Morgan fingerprint density at radius 3 is 2.70 bits per heavy atom. The Morgan fingerprint density at radius 1 is 1.30 bits per heavy atom. The summed E-state index contributed by atoms with van der Waals surface area (Å²) in [6.07, 6.45) is -0.105. The maximum Gasteiger partial charge on any atom is 0.228 e. The van der Waals surface area contributed by atoms with Gasteiger partial charge in [-0.2, -0.15) is 0 Å². The van der Waals surface area contributed by atoms with E-state index in [0.717, 1.165) is 10.0 Å². The van der Waals surface area contributed by atoms with Gasteiger partial charge in [0.25, 0.3) is 0 Å². The topological polar surface area (TPSA) is 29.1 Å². The van der Waals surface area contributed by atoms with Crippen LogP contribution in [0.4, 0.5) is 10.1 Å². The molecule has 20 heavy (non-hydrogen) atoms. The average molecular weight is 357 g/mol. The number of nitrogens with one attached hydrogen (secondary N) is 1. The molecule has 2 aromatic carbocycles. The van der Waals surface area contributed by atoms with Gasteiger partial charge in [0.2, 0.25) is 5.91 Å². The highest BCUT2D eigenvalue weighted by Crippen LogP contribution is 2.26. The van der Waals surface area contributed by atoms with Crippen LogP contribution in [0.25, 0.3) is 0 Å². The molecule has 0 aromatic heterocycles. The van der Waals surface area contributed by atoms with Crippen molar-refractivity contribution in [1.29, 1.82) is 0 Å². The van der Waals surface area contributed by atoms with Gasteiger partial charge in [-0.1, -0.05) is 29.8 Å². The number of anilines is 1. The molecule has 1 amide bonds. The first kappa shape index (κ1) is 15.0. The summed E-state index contributed by atoms with van der Waals surface area (Å²) in [4.78, 5) is 12.0. The van der Waals surface area contributed by atoms with Crippen molar-refractivity contribution in [2.75, 3.05) is 5.32 Å². The summed E-state index contributed by atoms with van der Waals surface area (Å²) in [5.74, 6) is -0.792. The van der Waals surface area contributed by atoms with Crippen molar-refractivity contribution in [1.82, 2.24) is 0 Å². The maximum absolute atomic E-state index is 13.6. The predicted molar refractivity (Wildman–Crippen MR) is 82.6 cm³/mol. The summed E-state index contributed by atoms with van der Waals surface area (Å²) in [5.41, 5.74) is 1.87. The number of rotatable bonds is 3. The Bertz CT molecular complexity index is 640. The molecular weight excluding hydrogens is 345 g/mol. The Hall–Kier alpha value is -1.39.